The molecule has 3 saturated heterocycles. The minimum absolute atomic E-state index is 0.142. The van der Waals surface area contributed by atoms with Crippen LogP contribution in [-0.2, 0) is 16.1 Å². The van der Waals surface area contributed by atoms with Crippen LogP contribution >= 0.6 is 0 Å². The third-order valence-corrected chi connectivity index (χ3v) is 6.12. The van der Waals surface area contributed by atoms with Gasteiger partial charge in [-0.2, -0.15) is 0 Å². The molecule has 0 aromatic carbocycles. The molecule has 0 radical (unpaired) electrons. The van der Waals surface area contributed by atoms with E-state index in [2.05, 4.69) is 15.0 Å². The van der Waals surface area contributed by atoms with Crippen LogP contribution in [0.25, 0.3) is 0 Å². The van der Waals surface area contributed by atoms with E-state index in [9.17, 15) is 4.79 Å². The van der Waals surface area contributed by atoms with Crippen molar-refractivity contribution in [2.45, 2.75) is 64.1 Å². The molecule has 0 bridgehead atoms. The number of aromatic nitrogens is 1. The normalized spacial score (nSPS) is 30.8. The van der Waals surface area contributed by atoms with Gasteiger partial charge in [0, 0.05) is 43.9 Å². The van der Waals surface area contributed by atoms with Gasteiger partial charge in [-0.05, 0) is 46.0 Å². The highest BCUT2D eigenvalue weighted by Gasteiger charge is 2.48. The van der Waals surface area contributed by atoms with Crippen LogP contribution in [0.15, 0.2) is 4.52 Å². The molecule has 3 aliphatic rings. The molecule has 6 heteroatoms. The summed E-state index contributed by atoms with van der Waals surface area (Å²) in [4.78, 5) is 17.3. The predicted molar refractivity (Wildman–Crippen MR) is 88.5 cm³/mol. The van der Waals surface area contributed by atoms with Gasteiger partial charge in [0.2, 0.25) is 0 Å². The Hall–Kier alpha value is -1.40. The van der Waals surface area contributed by atoms with Crippen LogP contribution in [0.5, 0.6) is 0 Å². The van der Waals surface area contributed by atoms with Crippen LogP contribution in [0, 0.1) is 13.8 Å². The molecule has 0 aliphatic carbocycles. The van der Waals surface area contributed by atoms with E-state index in [1.54, 1.807) is 0 Å². The summed E-state index contributed by atoms with van der Waals surface area (Å²) in [5, 5.41) is 4.07. The standard InChI is InChI=1S/C18H27N3O3/c1-13-15(14(2)24-19-13)11-21-9-7-18(21)6-4-8-20(12-18)17(22)16-5-3-10-23-16/h16H,3-12H2,1-2H3/t16-,18-/m0/s1. The first-order valence-corrected chi connectivity index (χ1v) is 9.16. The van der Waals surface area contributed by atoms with E-state index in [-0.39, 0.29) is 17.6 Å². The van der Waals surface area contributed by atoms with Gasteiger partial charge in [0.1, 0.15) is 11.9 Å². The van der Waals surface area contributed by atoms with Crippen LogP contribution in [0.3, 0.4) is 0 Å². The Bertz CT molecular complexity index is 604. The number of hydrogen-bond acceptors (Lipinski definition) is 5. The van der Waals surface area contributed by atoms with Crippen molar-refractivity contribution in [3.63, 3.8) is 0 Å². The third-order valence-electron chi connectivity index (χ3n) is 6.12. The Kier molecular flexibility index (Phi) is 4.12. The van der Waals surface area contributed by atoms with E-state index in [1.165, 1.54) is 18.4 Å². The van der Waals surface area contributed by atoms with Gasteiger partial charge in [-0.25, -0.2) is 0 Å². The molecule has 3 aliphatic heterocycles. The number of hydrogen-bond donors (Lipinski definition) is 0. The smallest absolute Gasteiger partial charge is 0.251 e. The summed E-state index contributed by atoms with van der Waals surface area (Å²) in [6.45, 7) is 8.40. The van der Waals surface area contributed by atoms with Gasteiger partial charge in [0.15, 0.2) is 0 Å². The first-order valence-electron chi connectivity index (χ1n) is 9.16. The number of ether oxygens (including phenoxy) is 1. The molecule has 6 nitrogen and oxygen atoms in total. The molecular weight excluding hydrogens is 306 g/mol. The second-order valence-electron chi connectivity index (χ2n) is 7.56. The highest BCUT2D eigenvalue weighted by atomic mass is 16.5. The second kappa shape index (κ2) is 6.15. The highest BCUT2D eigenvalue weighted by molar-refractivity contribution is 5.81. The zero-order valence-electron chi connectivity index (χ0n) is 14.7. The van der Waals surface area contributed by atoms with E-state index in [0.717, 1.165) is 63.5 Å². The Morgan fingerprint density at radius 1 is 1.29 bits per heavy atom. The Morgan fingerprint density at radius 2 is 2.17 bits per heavy atom. The number of carbonyl (C=O) groups excluding carboxylic acids is 1. The molecule has 3 fully saturated rings. The molecule has 4 heterocycles. The van der Waals surface area contributed by atoms with Gasteiger partial charge >= 0.3 is 0 Å². The fraction of sp³-hybridized carbons (Fsp3) is 0.778. The van der Waals surface area contributed by atoms with Crippen molar-refractivity contribution in [3.8, 4) is 0 Å². The van der Waals surface area contributed by atoms with Gasteiger partial charge in [-0.15, -0.1) is 0 Å². The lowest BCUT2D eigenvalue weighted by atomic mass is 9.77. The van der Waals surface area contributed by atoms with Crippen LogP contribution in [0.2, 0.25) is 0 Å². The zero-order chi connectivity index (χ0) is 16.7. The van der Waals surface area contributed by atoms with Crippen LogP contribution in [0.1, 0.15) is 49.1 Å². The Balaban J connectivity index is 1.45. The zero-order valence-corrected chi connectivity index (χ0v) is 14.7. The molecular formula is C18H27N3O3. The SMILES string of the molecule is Cc1noc(C)c1CN1CC[C@]12CCCN(C(=O)[C@@H]1CCCO1)C2. The first kappa shape index (κ1) is 16.1. The number of likely N-dealkylation sites (tertiary alicyclic amines) is 2. The van der Waals surface area contributed by atoms with Crippen LogP contribution < -0.4 is 0 Å². The van der Waals surface area contributed by atoms with E-state index in [0.29, 0.717) is 0 Å². The number of piperidine rings is 1. The Labute approximate surface area is 143 Å². The minimum Gasteiger partial charge on any atom is -0.368 e. The van der Waals surface area contributed by atoms with Crippen molar-refractivity contribution in [1.82, 2.24) is 15.0 Å². The number of rotatable bonds is 3. The molecule has 2 atom stereocenters. The molecule has 1 aromatic heterocycles. The predicted octanol–water partition coefficient (Wildman–Crippen LogP) is 2.04. The fourth-order valence-electron chi connectivity index (χ4n) is 4.49. The van der Waals surface area contributed by atoms with Gasteiger partial charge in [0.25, 0.3) is 5.91 Å². The van der Waals surface area contributed by atoms with Crippen molar-refractivity contribution in [2.75, 3.05) is 26.2 Å². The second-order valence-corrected chi connectivity index (χ2v) is 7.56. The minimum atomic E-state index is -0.198. The quantitative estimate of drug-likeness (QED) is 0.847. The average Bonchev–Trinajstić information content (AvgIpc) is 3.22. The summed E-state index contributed by atoms with van der Waals surface area (Å²) in [5.74, 6) is 1.12. The van der Waals surface area contributed by atoms with Crippen molar-refractivity contribution in [1.29, 1.82) is 0 Å². The van der Waals surface area contributed by atoms with Crippen molar-refractivity contribution < 1.29 is 14.1 Å². The van der Waals surface area contributed by atoms with Crippen LogP contribution in [-0.4, -0.2) is 58.7 Å². The number of nitrogens with zero attached hydrogens (tertiary/aromatic N) is 3. The molecule has 4 rings (SSSR count). The number of amides is 1. The summed E-state index contributed by atoms with van der Waals surface area (Å²) in [6, 6.07) is 0. The van der Waals surface area contributed by atoms with Gasteiger partial charge in [0.05, 0.1) is 5.69 Å². The van der Waals surface area contributed by atoms with Gasteiger partial charge in [-0.3, -0.25) is 9.69 Å². The number of carbonyl (C=O) groups is 1. The van der Waals surface area contributed by atoms with E-state index in [4.69, 9.17) is 9.26 Å². The summed E-state index contributed by atoms with van der Waals surface area (Å²) >= 11 is 0. The summed E-state index contributed by atoms with van der Waals surface area (Å²) in [6.07, 6.45) is 5.11. The van der Waals surface area contributed by atoms with Crippen molar-refractivity contribution >= 4 is 5.91 Å². The molecule has 0 unspecified atom stereocenters. The number of aryl methyl sites for hydroxylation is 2. The molecule has 1 aromatic rings. The lowest BCUT2D eigenvalue weighted by Crippen LogP contribution is -2.67. The van der Waals surface area contributed by atoms with E-state index in [1.807, 2.05) is 13.8 Å². The molecule has 132 valence electrons. The van der Waals surface area contributed by atoms with Crippen molar-refractivity contribution in [2.24, 2.45) is 0 Å². The molecule has 1 spiro atoms. The topological polar surface area (TPSA) is 58.8 Å². The summed E-state index contributed by atoms with van der Waals surface area (Å²) in [7, 11) is 0. The highest BCUT2D eigenvalue weighted by Crippen LogP contribution is 2.40. The van der Waals surface area contributed by atoms with Crippen molar-refractivity contribution in [3.05, 3.63) is 17.0 Å². The third kappa shape index (κ3) is 2.65. The fourth-order valence-corrected chi connectivity index (χ4v) is 4.49. The maximum atomic E-state index is 12.7. The lowest BCUT2D eigenvalue weighted by molar-refractivity contribution is -0.150. The molecule has 0 saturated carbocycles. The van der Waals surface area contributed by atoms with Crippen LogP contribution in [0.4, 0.5) is 0 Å². The largest absolute Gasteiger partial charge is 0.368 e. The maximum Gasteiger partial charge on any atom is 0.251 e. The van der Waals surface area contributed by atoms with Gasteiger partial charge in [-0.1, -0.05) is 5.16 Å². The first-order chi connectivity index (χ1) is 11.6. The summed E-state index contributed by atoms with van der Waals surface area (Å²) < 4.78 is 10.9. The molecule has 0 N–H and O–H groups in total. The molecule has 24 heavy (non-hydrogen) atoms. The average molecular weight is 333 g/mol. The lowest BCUT2D eigenvalue weighted by Gasteiger charge is -2.57. The van der Waals surface area contributed by atoms with E-state index < -0.39 is 0 Å². The van der Waals surface area contributed by atoms with E-state index >= 15 is 0 Å². The van der Waals surface area contributed by atoms with Gasteiger partial charge < -0.3 is 14.2 Å². The summed E-state index contributed by atoms with van der Waals surface area (Å²) in [5.41, 5.74) is 2.33. The monoisotopic (exact) mass is 333 g/mol. The maximum absolute atomic E-state index is 12.7. The molecule has 1 amide bonds. The Morgan fingerprint density at radius 3 is 2.79 bits per heavy atom.